The molecule has 18 nitrogen and oxygen atoms in total. The van der Waals surface area contributed by atoms with E-state index < -0.39 is 6.04 Å². The molecule has 3 saturated heterocycles. The number of likely N-dealkylation sites (tertiary alicyclic amines) is 1. The van der Waals surface area contributed by atoms with E-state index in [0.29, 0.717) is 76.4 Å². The van der Waals surface area contributed by atoms with Gasteiger partial charge in [0.1, 0.15) is 41.5 Å². The van der Waals surface area contributed by atoms with Gasteiger partial charge in [-0.3, -0.25) is 19.8 Å². The first-order chi connectivity index (χ1) is 31.1. The Hall–Kier alpha value is -6.24. The van der Waals surface area contributed by atoms with Crippen LogP contribution in [0, 0.1) is 11.7 Å². The standard InChI is InChI=1S/C45H54FN13O5/c1-25(2)59-43-37(41(47)50-24-51-43)38(54-59)39-36(40(64-55-39)27-5-6-27)42-48-20-28(21-49-42)29-22-58(23-29)45(62)63-31-8-3-26(4-9-31)13-14-56-15-17-57(18-16-56)34-11-7-30(19-32(34)46)52-33-10-12-35(60)53-44(33)61/h7,11,19-21,24-27,29,31,33,52H,3-6,8-10,12-18,22-23H2,1-2H3,(H2,47,50,51)(H,53,60,61). The number of imide groups is 1. The lowest BCUT2D eigenvalue weighted by molar-refractivity contribution is -0.133. The van der Waals surface area contributed by atoms with Gasteiger partial charge in [0.25, 0.3) is 0 Å². The molecule has 0 radical (unpaired) electrons. The predicted molar refractivity (Wildman–Crippen MR) is 235 cm³/mol. The second-order valence-corrected chi connectivity index (χ2v) is 18.3. The van der Waals surface area contributed by atoms with Crippen LogP contribution in [0.3, 0.4) is 0 Å². The number of aromatic nitrogens is 7. The lowest BCUT2D eigenvalue weighted by Crippen LogP contribution is -2.49. The van der Waals surface area contributed by atoms with Gasteiger partial charge in [-0.05, 0) is 101 Å². The minimum Gasteiger partial charge on any atom is -0.446 e. The quantitative estimate of drug-likeness (QED) is 0.129. The lowest BCUT2D eigenvalue weighted by Gasteiger charge is -2.40. The first-order valence-corrected chi connectivity index (χ1v) is 22.7. The van der Waals surface area contributed by atoms with Crippen LogP contribution in [-0.2, 0) is 14.3 Å². The van der Waals surface area contributed by atoms with E-state index in [9.17, 15) is 14.4 Å². The summed E-state index contributed by atoms with van der Waals surface area (Å²) >= 11 is 0. The molecule has 2 aliphatic carbocycles. The van der Waals surface area contributed by atoms with Crippen LogP contribution in [0.1, 0.15) is 101 Å². The van der Waals surface area contributed by atoms with E-state index in [1.54, 1.807) is 17.0 Å². The Bertz CT molecular complexity index is 2540. The van der Waals surface area contributed by atoms with Crippen LogP contribution in [0.25, 0.3) is 33.8 Å². The topological polar surface area (TPSA) is 216 Å². The van der Waals surface area contributed by atoms with Crippen molar-refractivity contribution in [1.82, 2.24) is 50.0 Å². The van der Waals surface area contributed by atoms with Crippen LogP contribution in [0.5, 0.6) is 0 Å². The van der Waals surface area contributed by atoms with E-state index in [4.69, 9.17) is 30.1 Å². The molecule has 336 valence electrons. The number of nitrogens with zero attached hydrogens (tertiary/aromatic N) is 10. The number of halogens is 1. The molecule has 2 saturated carbocycles. The molecular weight excluding hydrogens is 822 g/mol. The number of carbonyl (C=O) groups excluding carboxylic acids is 3. The molecule has 1 aromatic carbocycles. The first kappa shape index (κ1) is 41.8. The highest BCUT2D eigenvalue weighted by atomic mass is 19.1. The third-order valence-corrected chi connectivity index (χ3v) is 13.6. The number of hydrogen-bond donors (Lipinski definition) is 3. The number of benzene rings is 1. The average molecular weight is 876 g/mol. The van der Waals surface area contributed by atoms with Crippen molar-refractivity contribution in [2.75, 3.05) is 61.8 Å². The molecule has 5 aliphatic rings. The van der Waals surface area contributed by atoms with Gasteiger partial charge >= 0.3 is 6.09 Å². The number of rotatable bonds is 12. The van der Waals surface area contributed by atoms with Gasteiger partial charge in [-0.1, -0.05) is 5.16 Å². The molecule has 1 atom stereocenters. The Kier molecular flexibility index (Phi) is 11.3. The molecular formula is C45H54FN13O5. The molecule has 3 aliphatic heterocycles. The van der Waals surface area contributed by atoms with Crippen LogP contribution in [0.15, 0.2) is 41.4 Å². The summed E-state index contributed by atoms with van der Waals surface area (Å²) in [5.41, 5.74) is 10.8. The Labute approximate surface area is 369 Å². The predicted octanol–water partition coefficient (Wildman–Crippen LogP) is 5.64. The van der Waals surface area contributed by atoms with Gasteiger partial charge in [0, 0.05) is 81.6 Å². The van der Waals surface area contributed by atoms with Gasteiger partial charge in [0.15, 0.2) is 17.2 Å². The number of fused-ring (bicyclic) bond motifs is 1. The summed E-state index contributed by atoms with van der Waals surface area (Å²) in [4.78, 5) is 61.3. The Morgan fingerprint density at radius 1 is 0.969 bits per heavy atom. The number of carbonyl (C=O) groups is 3. The maximum atomic E-state index is 15.2. The number of piperidine rings is 1. The normalized spacial score (nSPS) is 22.2. The van der Waals surface area contributed by atoms with E-state index in [1.807, 2.05) is 30.9 Å². The van der Waals surface area contributed by atoms with Crippen molar-refractivity contribution in [1.29, 1.82) is 0 Å². The minimum atomic E-state index is -0.554. The van der Waals surface area contributed by atoms with E-state index >= 15 is 4.39 Å². The van der Waals surface area contributed by atoms with Crippen LogP contribution in [0.2, 0.25) is 0 Å². The van der Waals surface area contributed by atoms with Crippen LogP contribution < -0.4 is 21.3 Å². The zero-order chi connectivity index (χ0) is 44.1. The van der Waals surface area contributed by atoms with Crippen molar-refractivity contribution in [2.24, 2.45) is 5.92 Å². The average Bonchev–Trinajstić information content (AvgIpc) is 3.90. The molecule has 64 heavy (non-hydrogen) atoms. The Balaban J connectivity index is 0.666. The van der Waals surface area contributed by atoms with Crippen LogP contribution >= 0.6 is 0 Å². The first-order valence-electron chi connectivity index (χ1n) is 22.7. The van der Waals surface area contributed by atoms with E-state index in [0.717, 1.165) is 89.0 Å². The van der Waals surface area contributed by atoms with Crippen molar-refractivity contribution < 1.29 is 28.0 Å². The highest BCUT2D eigenvalue weighted by Crippen LogP contribution is 2.48. The van der Waals surface area contributed by atoms with Gasteiger partial charge in [-0.2, -0.15) is 5.10 Å². The molecule has 5 fully saturated rings. The number of anilines is 3. The summed E-state index contributed by atoms with van der Waals surface area (Å²) < 4.78 is 28.9. The van der Waals surface area contributed by atoms with Gasteiger partial charge in [0.05, 0.1) is 16.6 Å². The lowest BCUT2D eigenvalue weighted by atomic mass is 9.85. The summed E-state index contributed by atoms with van der Waals surface area (Å²) in [7, 11) is 0. The largest absolute Gasteiger partial charge is 0.446 e. The van der Waals surface area contributed by atoms with Crippen molar-refractivity contribution in [3.63, 3.8) is 0 Å². The minimum absolute atomic E-state index is 0.0272. The van der Waals surface area contributed by atoms with Crippen molar-refractivity contribution in [2.45, 2.75) is 102 Å². The number of piperazine rings is 1. The fourth-order valence-corrected chi connectivity index (χ4v) is 9.56. The highest BCUT2D eigenvalue weighted by molar-refractivity contribution is 6.02. The monoisotopic (exact) mass is 875 g/mol. The van der Waals surface area contributed by atoms with Gasteiger partial charge in [-0.25, -0.2) is 33.8 Å². The smallest absolute Gasteiger partial charge is 0.410 e. The molecule has 3 amide bonds. The third kappa shape index (κ3) is 8.44. The van der Waals surface area contributed by atoms with E-state index in [1.165, 1.54) is 12.4 Å². The third-order valence-electron chi connectivity index (χ3n) is 13.6. The molecule has 5 aromatic rings. The Morgan fingerprint density at radius 2 is 1.73 bits per heavy atom. The van der Waals surface area contributed by atoms with Crippen molar-refractivity contribution >= 4 is 46.1 Å². The summed E-state index contributed by atoms with van der Waals surface area (Å²) in [6, 6.07) is 4.46. The molecule has 19 heteroatoms. The molecule has 1 unspecified atom stereocenters. The number of amides is 3. The van der Waals surface area contributed by atoms with Gasteiger partial charge in [0.2, 0.25) is 11.8 Å². The molecule has 7 heterocycles. The maximum Gasteiger partial charge on any atom is 0.410 e. The molecule has 4 aromatic heterocycles. The molecule has 0 bridgehead atoms. The summed E-state index contributed by atoms with van der Waals surface area (Å²) in [6.07, 6.45) is 12.3. The number of nitrogens with two attached hydrogens (primary N) is 1. The highest BCUT2D eigenvalue weighted by Gasteiger charge is 2.38. The summed E-state index contributed by atoms with van der Waals surface area (Å²) in [6.45, 7) is 9.33. The zero-order valence-corrected chi connectivity index (χ0v) is 36.2. The van der Waals surface area contributed by atoms with Gasteiger partial charge in [-0.15, -0.1) is 0 Å². The molecule has 0 spiro atoms. The second-order valence-electron chi connectivity index (χ2n) is 18.3. The van der Waals surface area contributed by atoms with E-state index in [-0.39, 0.29) is 54.1 Å². The SMILES string of the molecule is CC(C)n1nc(-c2noc(C3CC3)c2-c2ncc(C3CN(C(=O)OC4CCC(CCN5CCN(c6ccc(NC7CCC(=O)NC7=O)cc6F)CC5)CC4)C3)cn2)c2c(N)ncnc21. The number of nitrogens with one attached hydrogen (secondary N) is 2. The fraction of sp³-hybridized carbons (Fsp3) is 0.533. The summed E-state index contributed by atoms with van der Waals surface area (Å²) in [5, 5.41) is 15.4. The maximum absolute atomic E-state index is 15.2. The van der Waals surface area contributed by atoms with Crippen molar-refractivity contribution in [3.05, 3.63) is 54.1 Å². The number of ether oxygens (including phenoxy) is 1. The Morgan fingerprint density at radius 3 is 2.44 bits per heavy atom. The van der Waals surface area contributed by atoms with Crippen molar-refractivity contribution in [3.8, 4) is 22.8 Å². The van der Waals surface area contributed by atoms with E-state index in [2.05, 4.69) is 35.6 Å². The fourth-order valence-electron chi connectivity index (χ4n) is 9.56. The number of nitrogen functional groups attached to an aromatic ring is 1. The molecule has 4 N–H and O–H groups in total. The second kappa shape index (κ2) is 17.4. The van der Waals surface area contributed by atoms with Crippen LogP contribution in [0.4, 0.5) is 26.4 Å². The number of hydrogen-bond acceptors (Lipinski definition) is 15. The summed E-state index contributed by atoms with van der Waals surface area (Å²) in [5.74, 6) is 1.51. The van der Waals surface area contributed by atoms with Crippen LogP contribution in [-0.4, -0.2) is 121 Å². The van der Waals surface area contributed by atoms with Gasteiger partial charge < -0.3 is 30.1 Å². The zero-order valence-electron chi connectivity index (χ0n) is 36.2. The molecule has 10 rings (SSSR count).